The van der Waals surface area contributed by atoms with Crippen molar-refractivity contribution in [1.29, 1.82) is 0 Å². The zero-order valence-electron chi connectivity index (χ0n) is 87.7. The van der Waals surface area contributed by atoms with Crippen molar-refractivity contribution in [1.82, 2.24) is 5.32 Å². The van der Waals surface area contributed by atoms with Crippen molar-refractivity contribution < 1.29 is 92.2 Å². The maximum Gasteiger partial charge on any atom is 0.361 e. The molecule has 2 heterocycles. The number of piperidine rings is 1. The van der Waals surface area contributed by atoms with Gasteiger partial charge in [-0.1, -0.05) is 104 Å². The number of imide groups is 1. The quantitative estimate of drug-likeness (QED) is 0.0536. The number of carbonyl (C=O) groups is 8. The van der Waals surface area contributed by atoms with Crippen LogP contribution in [0.2, 0.25) is 0 Å². The second-order valence-corrected chi connectivity index (χ2v) is 49.2. The highest BCUT2D eigenvalue weighted by Crippen LogP contribution is 2.67. The number of methoxy groups -OCH3 is 4. The molecule has 2 amide bonds. The summed E-state index contributed by atoms with van der Waals surface area (Å²) in [5.74, 6) is 14.4. The van der Waals surface area contributed by atoms with Crippen LogP contribution in [0.1, 0.15) is 361 Å². The molecule has 0 aromatic heterocycles. The van der Waals surface area contributed by atoms with E-state index in [1.54, 1.807) is 27.4 Å². The third-order valence-electron chi connectivity index (χ3n) is 41.4. The Morgan fingerprint density at radius 1 is 0.345 bits per heavy atom. The Morgan fingerprint density at radius 3 is 1.12 bits per heavy atom. The number of carbonyl (C=O) groups excluding carboxylic acids is 8. The van der Waals surface area contributed by atoms with E-state index in [9.17, 15) is 58.8 Å². The molecule has 776 valence electrons. The van der Waals surface area contributed by atoms with Crippen LogP contribution < -0.4 is 29.0 Å². The molecule has 17 unspecified atom stereocenters. The lowest BCUT2D eigenvalue weighted by atomic mass is 9.52. The molecule has 10 saturated carbocycles. The van der Waals surface area contributed by atoms with E-state index < -0.39 is 17.4 Å². The van der Waals surface area contributed by atoms with E-state index in [1.807, 2.05) is 61.5 Å². The molecule has 12 fully saturated rings. The normalized spacial score (nSPS) is 34.2. The van der Waals surface area contributed by atoms with E-state index in [-0.39, 0.29) is 80.5 Å². The molecule has 145 heavy (non-hydrogen) atoms. The number of fused-ring (bicyclic) bond motifs is 30. The minimum atomic E-state index is -0.689. The molecule has 0 spiro atoms. The van der Waals surface area contributed by atoms with Gasteiger partial charge in [-0.05, 0) is 467 Å². The van der Waals surface area contributed by atoms with E-state index in [1.165, 1.54) is 106 Å². The van der Waals surface area contributed by atoms with E-state index >= 15 is 0 Å². The monoisotopic (exact) mass is 2090 g/mol. The fraction of sp³-hybridized carbons (Fsp3) is 0.597. The number of benzene rings is 7. The largest absolute Gasteiger partial charge is 0.508 e. The molecule has 7 aromatic rings. The van der Waals surface area contributed by atoms with Crippen molar-refractivity contribution in [3.63, 3.8) is 0 Å². The predicted octanol–water partition coefficient (Wildman–Crippen LogP) is 25.6. The highest BCUT2D eigenvalue weighted by Gasteiger charge is 2.62. The summed E-state index contributed by atoms with van der Waals surface area (Å²) in [5.41, 5.74) is 17.2. The van der Waals surface area contributed by atoms with Crippen LogP contribution in [0.15, 0.2) is 109 Å². The Kier molecular flexibility index (Phi) is 29.8. The summed E-state index contributed by atoms with van der Waals surface area (Å²) in [6, 6.07) is 36.8. The number of phenols is 4. The second kappa shape index (κ2) is 41.6. The SMILES string of the molecule is CCCC.COc1cc2c(cc1C)CCC1C2CC[C@]2(C)C(=O)NC(=O)CC12.COc1cc2c(cc1O)CCC1C2CC[C@]2(C)C(=O)CCC12.COc1cc2c(cc1O)CCC1C2CC[C@]2(C)C(=O)OOC(=O)C[C@@H]12.COc1cc2c(cc1OCc1ccccc1)CCC1C2CC[C@]2(C)C(=O)CCC12.C[C@]12CCC3c4cc(I)c(O)cc4CCC3C1CCC2=O.C[C@]12CCC3c4ccc(O)cc4CCC3C1CCC2=O. The van der Waals surface area contributed by atoms with Gasteiger partial charge in [0.05, 0.1) is 49.3 Å². The van der Waals surface area contributed by atoms with Gasteiger partial charge in [-0.15, -0.1) is 0 Å². The molecule has 25 rings (SSSR count). The standard InChI is InChI=1S/C26H30O3.C20H25NO3.C19H22O6.C19H24O3.C18H21IO2.C18H22O2.C4H10/c1-26-13-12-19-20(22(26)10-11-25(26)27)9-8-18-14-24(23(28-2)15-21(18)19)29-16-17-6-4-3-5-7-17;1-11-8-12-4-5-14-13(15(12)9-17(11)24-3)6-7-20(2)16(14)10-18(22)21-19(20)23;1-19-6-5-11-12(14(19)9-17(21)24-25-18(19)22)4-3-10-7-15(20)16(23-2)8-13(10)11;1-19-8-7-12-13(15(19)5-6-18(19)21)4-3-11-9-16(20)17(22-2)10-14(11)12;1-18-7-6-11-12(14(18)4-5-17(18)21)3-2-10-8-16(20)15(19)9-13(10)11;1-18-9-8-14-13-5-3-12(19)10-11(13)2-4-15(14)16(18)6-7-17(18)20;1-3-4-2/h3-7,14-15,19-20,22H,8-13,16H2,1-2H3;8-9,13-14,16H,4-7,10H2,1-3H3,(H,21,22,23);7-8,11-12,14,20H,3-6,9H2,1-2H3;9-10,12-13,15,20H,3-8H2,1-2H3;8-9,11-12,14,20H,2-7H2,1H3;3,5,10,14-16,19H,2,4,6-9H2,1H3;3-4H2,1-2H3/t19?,20?,22?,26-;13?,14?,16?,20-;11?,12?,14-,19-;12?,13?,15?,19-;11?,12?,14?,18-;14?,15?,16?,18-;/m000000./s1. The number of phenolic OH excluding ortho intramolecular Hbond substituents is 4. The van der Waals surface area contributed by atoms with Gasteiger partial charge < -0.3 is 44.1 Å². The molecule has 18 aliphatic rings. The number of rotatable bonds is 8. The number of hydrogen-bond donors (Lipinski definition) is 5. The Labute approximate surface area is 871 Å². The average molecular weight is 2090 g/mol. The third kappa shape index (κ3) is 18.9. The summed E-state index contributed by atoms with van der Waals surface area (Å²) >= 11 is 2.23. The van der Waals surface area contributed by atoms with Crippen molar-refractivity contribution in [2.24, 2.45) is 104 Å². The molecule has 5 N–H and O–H groups in total. The van der Waals surface area contributed by atoms with E-state index in [2.05, 4.69) is 137 Å². The van der Waals surface area contributed by atoms with Gasteiger partial charge in [0.2, 0.25) is 11.8 Å². The molecule has 24 atom stereocenters. The molecule has 21 heteroatoms. The summed E-state index contributed by atoms with van der Waals surface area (Å²) in [6.45, 7) is 19.8. The first-order chi connectivity index (χ1) is 69.5. The molecule has 2 saturated heterocycles. The molecule has 16 aliphatic carbocycles. The highest BCUT2D eigenvalue weighted by atomic mass is 127. The van der Waals surface area contributed by atoms with Gasteiger partial charge in [0.1, 0.15) is 47.0 Å². The van der Waals surface area contributed by atoms with Crippen LogP contribution in [0.25, 0.3) is 0 Å². The van der Waals surface area contributed by atoms with Gasteiger partial charge in [-0.2, -0.15) is 0 Å². The lowest BCUT2D eigenvalue weighted by molar-refractivity contribution is -0.261. The zero-order valence-corrected chi connectivity index (χ0v) is 89.9. The Bertz CT molecular complexity index is 6140. The Balaban J connectivity index is 0.000000109. The average Bonchev–Trinajstić information content (AvgIpc) is 1.07. The van der Waals surface area contributed by atoms with Gasteiger partial charge in [0, 0.05) is 53.8 Å². The van der Waals surface area contributed by atoms with Gasteiger partial charge >= 0.3 is 11.9 Å². The molecular formula is C124H154INO19. The molecule has 2 aliphatic heterocycles. The number of aromatic hydroxyl groups is 4. The molecule has 7 aromatic carbocycles. The van der Waals surface area contributed by atoms with Gasteiger partial charge in [-0.3, -0.25) is 34.1 Å². The fourth-order valence-corrected chi connectivity index (χ4v) is 33.6. The van der Waals surface area contributed by atoms with Crippen LogP contribution in [0.4, 0.5) is 0 Å². The van der Waals surface area contributed by atoms with Gasteiger partial charge in [0.25, 0.3) is 0 Å². The van der Waals surface area contributed by atoms with Crippen molar-refractivity contribution >= 4 is 69.5 Å². The molecule has 0 radical (unpaired) electrons. The topological polar surface area (TPSA) is 294 Å². The van der Waals surface area contributed by atoms with Crippen molar-refractivity contribution in [2.75, 3.05) is 28.4 Å². The first kappa shape index (κ1) is 104. The smallest absolute Gasteiger partial charge is 0.361 e. The van der Waals surface area contributed by atoms with E-state index in [0.29, 0.717) is 148 Å². The number of ether oxygens (including phenoxy) is 5. The minimum absolute atomic E-state index is 0.0322. The predicted molar refractivity (Wildman–Crippen MR) is 564 cm³/mol. The van der Waals surface area contributed by atoms with Crippen LogP contribution in [-0.2, 0) is 93.3 Å². The maximum absolute atomic E-state index is 12.5. The lowest BCUT2D eigenvalue weighted by Gasteiger charge is -2.52. The van der Waals surface area contributed by atoms with E-state index in [0.717, 1.165) is 212 Å². The van der Waals surface area contributed by atoms with Gasteiger partial charge in [0.15, 0.2) is 34.5 Å². The Morgan fingerprint density at radius 2 is 0.697 bits per heavy atom. The fourth-order valence-electron chi connectivity index (χ4n) is 33.1. The number of nitrogens with one attached hydrogen (secondary N) is 1. The Hall–Kier alpha value is -9.77. The summed E-state index contributed by atoms with van der Waals surface area (Å²) < 4.78 is 28.9. The number of hydrogen-bond acceptors (Lipinski definition) is 19. The van der Waals surface area contributed by atoms with Crippen LogP contribution in [-0.4, -0.2) is 95.8 Å². The summed E-state index contributed by atoms with van der Waals surface area (Å²) in [7, 11) is 6.59. The van der Waals surface area contributed by atoms with Crippen molar-refractivity contribution in [3.8, 4) is 51.7 Å². The number of ketones is 4. The van der Waals surface area contributed by atoms with Crippen LogP contribution in [0.3, 0.4) is 0 Å². The summed E-state index contributed by atoms with van der Waals surface area (Å²) in [6.07, 6.45) is 35.5. The maximum atomic E-state index is 12.5. The van der Waals surface area contributed by atoms with E-state index in [4.69, 9.17) is 28.6 Å². The number of halogens is 1. The first-order valence-corrected chi connectivity index (χ1v) is 56.2. The highest BCUT2D eigenvalue weighted by molar-refractivity contribution is 14.1. The number of Topliss-reactive ketones (excluding diaryl/α,β-unsaturated/α-hetero) is 4. The number of unbranched alkanes of at least 4 members (excludes halogenated alkanes) is 1. The first-order valence-electron chi connectivity index (χ1n) is 55.1. The summed E-state index contributed by atoms with van der Waals surface area (Å²) in [5, 5.41) is 42.2. The lowest BCUT2D eigenvalue weighted by Crippen LogP contribution is -2.57. The molecular weight excluding hydrogens is 1930 g/mol. The van der Waals surface area contributed by atoms with Crippen LogP contribution in [0.5, 0.6) is 51.7 Å². The minimum Gasteiger partial charge on any atom is -0.508 e. The summed E-state index contributed by atoms with van der Waals surface area (Å²) in [4.78, 5) is 108. The molecule has 0 bridgehead atoms. The molecule has 20 nitrogen and oxygen atoms in total. The zero-order chi connectivity index (χ0) is 102. The number of aryl methyl sites for hydroxylation is 7. The van der Waals surface area contributed by atoms with Gasteiger partial charge in [-0.25, -0.2) is 19.4 Å². The van der Waals surface area contributed by atoms with Crippen molar-refractivity contribution in [3.05, 3.63) is 191 Å². The van der Waals surface area contributed by atoms with Crippen LogP contribution in [0, 0.1) is 114 Å². The second-order valence-electron chi connectivity index (χ2n) is 48.0. The third-order valence-corrected chi connectivity index (χ3v) is 42.3. The van der Waals surface area contributed by atoms with Crippen LogP contribution >= 0.6 is 22.6 Å². The number of amides is 2. The van der Waals surface area contributed by atoms with Crippen molar-refractivity contribution in [2.45, 2.75) is 336 Å².